The van der Waals surface area contributed by atoms with E-state index in [2.05, 4.69) is 47.6 Å². The van der Waals surface area contributed by atoms with Crippen LogP contribution in [0.5, 0.6) is 0 Å². The van der Waals surface area contributed by atoms with Gasteiger partial charge in [0.2, 0.25) is 0 Å². The summed E-state index contributed by atoms with van der Waals surface area (Å²) >= 11 is 0. The second-order valence-electron chi connectivity index (χ2n) is 4.66. The minimum atomic E-state index is 0.750. The highest BCUT2D eigenvalue weighted by Gasteiger charge is 2.04. The molecule has 0 saturated heterocycles. The Balaban J connectivity index is 1.84. The lowest BCUT2D eigenvalue weighted by atomic mass is 10.1. The third kappa shape index (κ3) is 2.71. The summed E-state index contributed by atoms with van der Waals surface area (Å²) in [7, 11) is 0. The SMILES string of the molecule is Cc1cccc(-c2cn(Cc3ccccc3)nn2)c1. The van der Waals surface area contributed by atoms with Gasteiger partial charge in [0.05, 0.1) is 12.7 Å². The Labute approximate surface area is 112 Å². The van der Waals surface area contributed by atoms with Gasteiger partial charge in [0, 0.05) is 5.56 Å². The summed E-state index contributed by atoms with van der Waals surface area (Å²) in [5.41, 5.74) is 4.48. The average molecular weight is 249 g/mol. The van der Waals surface area contributed by atoms with E-state index < -0.39 is 0 Å². The van der Waals surface area contributed by atoms with Crippen LogP contribution in [0.2, 0.25) is 0 Å². The van der Waals surface area contributed by atoms with Crippen molar-refractivity contribution in [2.45, 2.75) is 13.5 Å². The smallest absolute Gasteiger partial charge is 0.113 e. The van der Waals surface area contributed by atoms with Gasteiger partial charge in [-0.1, -0.05) is 59.3 Å². The zero-order valence-corrected chi connectivity index (χ0v) is 10.8. The Morgan fingerprint density at radius 3 is 2.63 bits per heavy atom. The molecule has 3 heteroatoms. The zero-order chi connectivity index (χ0) is 13.1. The van der Waals surface area contributed by atoms with Crippen LogP contribution in [0.15, 0.2) is 60.8 Å². The van der Waals surface area contributed by atoms with Crippen molar-refractivity contribution < 1.29 is 0 Å². The fraction of sp³-hybridized carbons (Fsp3) is 0.125. The monoisotopic (exact) mass is 249 g/mol. The quantitative estimate of drug-likeness (QED) is 0.713. The highest BCUT2D eigenvalue weighted by molar-refractivity contribution is 5.58. The molecule has 0 amide bonds. The highest BCUT2D eigenvalue weighted by Crippen LogP contribution is 2.17. The number of benzene rings is 2. The molecule has 0 fully saturated rings. The molecule has 3 nitrogen and oxygen atoms in total. The molecule has 0 spiro atoms. The zero-order valence-electron chi connectivity index (χ0n) is 10.8. The lowest BCUT2D eigenvalue weighted by molar-refractivity contribution is 0.650. The van der Waals surface area contributed by atoms with Gasteiger partial charge in [-0.05, 0) is 18.6 Å². The Morgan fingerprint density at radius 2 is 1.84 bits per heavy atom. The maximum Gasteiger partial charge on any atom is 0.113 e. The molecule has 2 aromatic carbocycles. The number of nitrogens with zero attached hydrogens (tertiary/aromatic N) is 3. The van der Waals surface area contributed by atoms with Crippen LogP contribution in [-0.4, -0.2) is 15.0 Å². The van der Waals surface area contributed by atoms with Gasteiger partial charge in [0.15, 0.2) is 0 Å². The molecule has 19 heavy (non-hydrogen) atoms. The van der Waals surface area contributed by atoms with E-state index in [1.165, 1.54) is 11.1 Å². The van der Waals surface area contributed by atoms with E-state index in [1.807, 2.05) is 35.1 Å². The lowest BCUT2D eigenvalue weighted by Crippen LogP contribution is -1.99. The predicted molar refractivity (Wildman–Crippen MR) is 75.7 cm³/mol. The van der Waals surface area contributed by atoms with Crippen LogP contribution in [-0.2, 0) is 6.54 Å². The summed E-state index contributed by atoms with van der Waals surface area (Å²) in [4.78, 5) is 0. The maximum atomic E-state index is 4.24. The van der Waals surface area contributed by atoms with E-state index in [0.29, 0.717) is 0 Å². The van der Waals surface area contributed by atoms with Gasteiger partial charge in [-0.25, -0.2) is 4.68 Å². The first-order valence-electron chi connectivity index (χ1n) is 6.32. The van der Waals surface area contributed by atoms with Crippen molar-refractivity contribution in [3.63, 3.8) is 0 Å². The normalized spacial score (nSPS) is 10.6. The fourth-order valence-corrected chi connectivity index (χ4v) is 2.08. The molecule has 0 aliphatic rings. The lowest BCUT2D eigenvalue weighted by Gasteiger charge is -1.99. The summed E-state index contributed by atoms with van der Waals surface area (Å²) in [5.74, 6) is 0. The second kappa shape index (κ2) is 5.06. The van der Waals surface area contributed by atoms with Crippen LogP contribution < -0.4 is 0 Å². The van der Waals surface area contributed by atoms with Gasteiger partial charge in [0.1, 0.15) is 5.69 Å². The van der Waals surface area contributed by atoms with Gasteiger partial charge >= 0.3 is 0 Å². The molecule has 1 aromatic heterocycles. The first-order chi connectivity index (χ1) is 9.31. The van der Waals surface area contributed by atoms with Crippen molar-refractivity contribution >= 4 is 0 Å². The van der Waals surface area contributed by atoms with E-state index in [9.17, 15) is 0 Å². The van der Waals surface area contributed by atoms with Crippen LogP contribution in [0.25, 0.3) is 11.3 Å². The maximum absolute atomic E-state index is 4.24. The Bertz CT molecular complexity index is 671. The van der Waals surface area contributed by atoms with Gasteiger partial charge in [-0.2, -0.15) is 0 Å². The van der Waals surface area contributed by atoms with Crippen LogP contribution in [0.4, 0.5) is 0 Å². The van der Waals surface area contributed by atoms with Crippen molar-refractivity contribution in [1.82, 2.24) is 15.0 Å². The van der Waals surface area contributed by atoms with E-state index in [4.69, 9.17) is 0 Å². The molecule has 0 N–H and O–H groups in total. The molecule has 0 aliphatic heterocycles. The van der Waals surface area contributed by atoms with E-state index in [0.717, 1.165) is 17.8 Å². The molecule has 1 heterocycles. The Morgan fingerprint density at radius 1 is 1.00 bits per heavy atom. The summed E-state index contributed by atoms with van der Waals surface area (Å²) in [5, 5.41) is 8.42. The van der Waals surface area contributed by atoms with Gasteiger partial charge in [-0.3, -0.25) is 0 Å². The molecule has 0 radical (unpaired) electrons. The standard InChI is InChI=1S/C16H15N3/c1-13-6-5-9-15(10-13)16-12-19(18-17-16)11-14-7-3-2-4-8-14/h2-10,12H,11H2,1H3. The number of aromatic nitrogens is 3. The minimum absolute atomic E-state index is 0.750. The van der Waals surface area contributed by atoms with E-state index in [-0.39, 0.29) is 0 Å². The Kier molecular flexibility index (Phi) is 3.11. The minimum Gasteiger partial charge on any atom is -0.247 e. The molecule has 0 unspecified atom stereocenters. The predicted octanol–water partition coefficient (Wildman–Crippen LogP) is 3.30. The third-order valence-corrected chi connectivity index (χ3v) is 3.04. The van der Waals surface area contributed by atoms with Crippen molar-refractivity contribution in [3.8, 4) is 11.3 Å². The van der Waals surface area contributed by atoms with Crippen LogP contribution in [0.3, 0.4) is 0 Å². The number of hydrogen-bond donors (Lipinski definition) is 0. The van der Waals surface area contributed by atoms with Crippen molar-refractivity contribution in [2.24, 2.45) is 0 Å². The fourth-order valence-electron chi connectivity index (χ4n) is 2.08. The van der Waals surface area contributed by atoms with Gasteiger partial charge < -0.3 is 0 Å². The molecule has 3 rings (SSSR count). The summed E-state index contributed by atoms with van der Waals surface area (Å²) in [6.45, 7) is 2.83. The van der Waals surface area contributed by atoms with E-state index in [1.54, 1.807) is 0 Å². The topological polar surface area (TPSA) is 30.7 Å². The molecular formula is C16H15N3. The summed E-state index contributed by atoms with van der Waals surface area (Å²) in [6, 6.07) is 18.6. The van der Waals surface area contributed by atoms with Crippen LogP contribution >= 0.6 is 0 Å². The molecular weight excluding hydrogens is 234 g/mol. The summed E-state index contributed by atoms with van der Waals surface area (Å²) < 4.78 is 1.87. The number of rotatable bonds is 3. The first-order valence-corrected chi connectivity index (χ1v) is 6.32. The Hall–Kier alpha value is -2.42. The van der Waals surface area contributed by atoms with Crippen LogP contribution in [0, 0.1) is 6.92 Å². The first kappa shape index (κ1) is 11.7. The molecule has 3 aromatic rings. The van der Waals surface area contributed by atoms with Crippen molar-refractivity contribution in [3.05, 3.63) is 71.9 Å². The van der Waals surface area contributed by atoms with Gasteiger partial charge in [0.25, 0.3) is 0 Å². The number of hydrogen-bond acceptors (Lipinski definition) is 2. The van der Waals surface area contributed by atoms with Crippen LogP contribution in [0.1, 0.15) is 11.1 Å². The highest BCUT2D eigenvalue weighted by atomic mass is 15.4. The molecule has 94 valence electrons. The van der Waals surface area contributed by atoms with Crippen molar-refractivity contribution in [1.29, 1.82) is 0 Å². The van der Waals surface area contributed by atoms with E-state index >= 15 is 0 Å². The third-order valence-electron chi connectivity index (χ3n) is 3.04. The van der Waals surface area contributed by atoms with Crippen molar-refractivity contribution in [2.75, 3.05) is 0 Å². The molecule has 0 saturated carbocycles. The van der Waals surface area contributed by atoms with Gasteiger partial charge in [-0.15, -0.1) is 5.10 Å². The average Bonchev–Trinajstić information content (AvgIpc) is 2.88. The number of aryl methyl sites for hydroxylation is 1. The molecule has 0 aliphatic carbocycles. The molecule has 0 bridgehead atoms. The molecule has 0 atom stereocenters. The summed E-state index contributed by atoms with van der Waals surface area (Å²) in [6.07, 6.45) is 1.99. The largest absolute Gasteiger partial charge is 0.247 e. The second-order valence-corrected chi connectivity index (χ2v) is 4.66.